The predicted octanol–water partition coefficient (Wildman–Crippen LogP) is -5.95. The largest absolute Gasteiger partial charge is 0.735 e. The number of hydrogen-bond donors (Lipinski definition) is 7. The van der Waals surface area contributed by atoms with Crippen molar-refractivity contribution in [2.75, 3.05) is 67.6 Å². The Bertz CT molecular complexity index is 2680. The van der Waals surface area contributed by atoms with E-state index in [2.05, 4.69) is 30.7 Å². The number of hydrogen-bond acceptors (Lipinski definition) is 36. The van der Waals surface area contributed by atoms with Gasteiger partial charge in [-0.3, -0.25) is 13.2 Å². The molecule has 39 nitrogen and oxygen atoms in total. The molecule has 4 saturated heterocycles. The van der Waals surface area contributed by atoms with E-state index in [0.29, 0.717) is 0 Å². The van der Waals surface area contributed by atoms with Crippen molar-refractivity contribution in [1.82, 2.24) is 4.72 Å². The summed E-state index contributed by atoms with van der Waals surface area (Å²) in [5.41, 5.74) is 8.28. The molecule has 8 N–H and O–H groups in total. The third kappa shape index (κ3) is 32.9. The molecule has 0 aromatic heterocycles. The van der Waals surface area contributed by atoms with Crippen molar-refractivity contribution in [1.29, 1.82) is 0 Å². The van der Waals surface area contributed by atoms with Crippen LogP contribution >= 0.6 is 0 Å². The molecule has 0 aromatic rings. The zero-order valence-electron chi connectivity index (χ0n) is 51.1. The van der Waals surface area contributed by atoms with E-state index in [1.165, 1.54) is 41.9 Å². The van der Waals surface area contributed by atoms with Crippen LogP contribution in [0.2, 0.25) is 0 Å². The van der Waals surface area contributed by atoms with Gasteiger partial charge in [0.05, 0.1) is 114 Å². The summed E-state index contributed by atoms with van der Waals surface area (Å²) in [4.78, 5) is 66.4. The second-order valence-corrected chi connectivity index (χ2v) is 23.9. The third-order valence-corrected chi connectivity index (χ3v) is 15.3. The van der Waals surface area contributed by atoms with Crippen LogP contribution in [0.1, 0.15) is 78.2 Å². The maximum absolute atomic E-state index is 12.3. The molecule has 0 amide bonds. The summed E-state index contributed by atoms with van der Waals surface area (Å²) in [6.07, 6.45) is -21.0. The third-order valence-electron chi connectivity index (χ3n) is 13.8. The van der Waals surface area contributed by atoms with Crippen LogP contribution in [0.4, 0.5) is 0 Å². The van der Waals surface area contributed by atoms with Gasteiger partial charge in [-0.2, -0.15) is 0 Å². The summed E-state index contributed by atoms with van der Waals surface area (Å²) in [6, 6.07) is -3.18. The van der Waals surface area contributed by atoms with Crippen molar-refractivity contribution in [3.05, 3.63) is 5.73 Å². The quantitative estimate of drug-likeness (QED) is 0.0121. The van der Waals surface area contributed by atoms with E-state index in [1.54, 1.807) is 25.5 Å². The minimum Gasteiger partial charge on any atom is -0.735 e. The van der Waals surface area contributed by atoms with Gasteiger partial charge in [-0.25, -0.2) is 44.4 Å². The van der Waals surface area contributed by atoms with Crippen LogP contribution < -0.4 is 14.9 Å². The standard InChI is InChI=1S/C33H57N2O28S3.C8H14O4.C6H10O5.C2H2.4CH4.Y/c1-12-16(8-55-5-14-13(2)59-18(7-53-3)21(34)24(14)37)61-31(33(42)43)29(23(12)36)57-10-19-22(35-64(44,45)46)25(38)15(17(60-19)11-58-65(47,48)49)6-56-9-20-27(63-66(50,51)52)26(39)28(54-4)30(62-20)32(40)41;1-5(2)7(9)12-6(3)8(10)11-4;1-3(7)6(10)11-4(2)5(8)9;1-2;;;;;/h12-31,34-39H,5-11H2,1-4H3,(H,40,41)(H,42,43)(H,44,45,46)(H,47,48,49)(H,50,51,52);5-6H,1-4H3;3-4,7H,1-2H3,(H,8,9);1-2H;4*1H4;/q-1;;;;;;;;/p-5/t12?,13?,14-,15-,16+,17?,18-,19-,20+,21?,22?,23+,24-,25-,26+,27?,28+,29-,30?,31?;;;;;;;;/m1......../s1. The first-order chi connectivity index (χ1) is 42.0. The number of aliphatic hydroxyl groups is 5. The molecule has 4 heterocycles. The molecule has 43 heteroatoms. The van der Waals surface area contributed by atoms with Gasteiger partial charge in [0.2, 0.25) is 20.8 Å². The number of rotatable bonds is 29. The zero-order valence-corrected chi connectivity index (χ0v) is 56.4. The van der Waals surface area contributed by atoms with E-state index in [0.717, 1.165) is 7.11 Å². The number of ether oxygens (including phenoxy) is 12. The van der Waals surface area contributed by atoms with Crippen LogP contribution in [-0.2, 0) is 158 Å². The molecule has 0 saturated carbocycles. The van der Waals surface area contributed by atoms with Crippen molar-refractivity contribution in [2.45, 2.75) is 200 Å². The monoisotopic (exact) mass is 1540 g/mol. The van der Waals surface area contributed by atoms with Crippen molar-refractivity contribution in [2.24, 2.45) is 23.7 Å². The fourth-order valence-electron chi connectivity index (χ4n) is 8.98. The van der Waals surface area contributed by atoms with Gasteiger partial charge in [0.1, 0.15) is 54.9 Å². The Labute approximate surface area is 584 Å². The molecule has 4 aliphatic rings. The molecular formula is C53H94N2O37S3Y-6. The molecule has 96 heavy (non-hydrogen) atoms. The second-order valence-electron chi connectivity index (χ2n) is 20.7. The Morgan fingerprint density at radius 3 is 1.53 bits per heavy atom. The van der Waals surface area contributed by atoms with Gasteiger partial charge in [0, 0.05) is 70.8 Å². The van der Waals surface area contributed by atoms with E-state index >= 15 is 0 Å². The number of nitrogens with one attached hydrogen (secondary N) is 2. The van der Waals surface area contributed by atoms with Gasteiger partial charge >= 0.3 is 23.9 Å². The average Bonchev–Trinajstić information content (AvgIpc) is 0.805. The number of aliphatic carboxylic acids is 3. The van der Waals surface area contributed by atoms with Crippen LogP contribution in [0.5, 0.6) is 0 Å². The van der Waals surface area contributed by atoms with Crippen LogP contribution in [-0.4, -0.2) is 295 Å². The summed E-state index contributed by atoms with van der Waals surface area (Å²) in [5, 5.41) is 85.1. The fraction of sp³-hybridized carbons (Fsp3) is 0.849. The summed E-state index contributed by atoms with van der Waals surface area (Å²) < 4.78 is 177. The minimum atomic E-state index is -5.64. The first-order valence-corrected chi connectivity index (χ1v) is 31.1. The summed E-state index contributed by atoms with van der Waals surface area (Å²) in [5.74, 6) is -10.7. The van der Waals surface area contributed by atoms with Crippen LogP contribution in [0, 0.1) is 36.5 Å². The molecule has 4 fully saturated rings. The number of carbonyl (C=O) groups excluding carboxylic acids is 5. The van der Waals surface area contributed by atoms with Gasteiger partial charge in [-0.15, -0.1) is 12.8 Å². The molecular weight excluding hydrogens is 1440 g/mol. The Morgan fingerprint density at radius 1 is 0.583 bits per heavy atom. The predicted molar refractivity (Wildman–Crippen MR) is 314 cm³/mol. The van der Waals surface area contributed by atoms with Crippen molar-refractivity contribution in [3.8, 4) is 12.8 Å². The first kappa shape index (κ1) is 101. The van der Waals surface area contributed by atoms with E-state index < -0.39 is 233 Å². The maximum Gasteiger partial charge on any atom is 0.346 e. The van der Waals surface area contributed by atoms with E-state index in [1.807, 2.05) is 0 Å². The van der Waals surface area contributed by atoms with Crippen molar-refractivity contribution in [3.63, 3.8) is 0 Å². The van der Waals surface area contributed by atoms with E-state index in [4.69, 9.17) is 63.3 Å². The second kappa shape index (κ2) is 46.8. The van der Waals surface area contributed by atoms with Gasteiger partial charge in [0.25, 0.3) is 0 Å². The van der Waals surface area contributed by atoms with Gasteiger partial charge in [-0.05, 0) is 27.7 Å². The number of esters is 3. The Kier molecular flexibility index (Phi) is 49.3. The topological polar surface area (TPSA) is 607 Å². The molecule has 0 spiro atoms. The molecule has 4 aliphatic heterocycles. The zero-order chi connectivity index (χ0) is 70.4. The summed E-state index contributed by atoms with van der Waals surface area (Å²) in [7, 11) is -13.2. The molecule has 0 aromatic carbocycles. The molecule has 23 atom stereocenters. The number of carboxylic acids is 3. The molecule has 0 aliphatic carbocycles. The van der Waals surface area contributed by atoms with Crippen LogP contribution in [0.15, 0.2) is 0 Å². The molecule has 0 bridgehead atoms. The number of terminal acetylenes is 1. The molecule has 1 radical (unpaired) electrons. The number of aliphatic hydroxyl groups excluding tert-OH is 5. The SMILES string of the molecule is C.C.C.C.C#C.CC(O)C(=O)OC(C)C(=O)O.COC(=O)C(C)OC(=O)C(C)C.COC[C@H]1OC(C)[C@@H](COC[C@@H]2OC(C(=O)[O-])[C@H](OC[C@H]3OC(COS(=O)(=O)[O-])[C@@H](COC[C@@H]4OC(C(=O)[O-])[C@@H](OC)[C@@H](O)C4OS(=O)(=O)[O-])[C@@H](O)C3NS(=O)(=O)[O-])[C@@H](O)C2C)[C@@H](O)C1[NH-].[Y]. The van der Waals surface area contributed by atoms with Gasteiger partial charge in [-0.1, -0.05) is 56.5 Å². The normalized spacial score (nSPS) is 31.1. The number of methoxy groups -OCH3 is 3. The van der Waals surface area contributed by atoms with Crippen molar-refractivity contribution < 1.29 is 206 Å². The summed E-state index contributed by atoms with van der Waals surface area (Å²) in [6.45, 7) is 5.58. The van der Waals surface area contributed by atoms with E-state index in [9.17, 15) is 98.3 Å². The molecule has 565 valence electrons. The fourth-order valence-corrected chi connectivity index (χ4v) is 10.4. The van der Waals surface area contributed by atoms with Crippen LogP contribution in [0.3, 0.4) is 0 Å². The average molecular weight is 1540 g/mol. The molecule has 4 rings (SSSR count). The Morgan fingerprint density at radius 2 is 1.08 bits per heavy atom. The minimum absolute atomic E-state index is 0. The van der Waals surface area contributed by atoms with Gasteiger partial charge in [0.15, 0.2) is 22.5 Å². The molecule has 11 unspecified atom stereocenters. The Hall–Kier alpha value is -3.51. The summed E-state index contributed by atoms with van der Waals surface area (Å²) >= 11 is 0. The van der Waals surface area contributed by atoms with Crippen molar-refractivity contribution >= 4 is 66.9 Å². The Balaban J connectivity index is -0.000000776. The van der Waals surface area contributed by atoms with Gasteiger partial charge < -0.3 is 127 Å². The number of carbonyl (C=O) groups is 6. The van der Waals surface area contributed by atoms with E-state index in [-0.39, 0.29) is 88.2 Å². The smallest absolute Gasteiger partial charge is 0.346 e. The maximum atomic E-state index is 12.3. The first-order valence-electron chi connectivity index (χ1n) is 27.0. The number of carboxylic acid groups (broad SMARTS) is 3. The van der Waals surface area contributed by atoms with Crippen LogP contribution in [0.25, 0.3) is 5.73 Å².